The number of nitrogens with zero attached hydrogens (tertiary/aromatic N) is 1. The number of benzene rings is 2. The number of carbonyl (C=O) groups excluding carboxylic acids is 1. The van der Waals surface area contributed by atoms with Gasteiger partial charge < -0.3 is 15.0 Å². The summed E-state index contributed by atoms with van der Waals surface area (Å²) >= 11 is 0. The summed E-state index contributed by atoms with van der Waals surface area (Å²) in [6.07, 6.45) is -0.228. The molecule has 114 valence electrons. The maximum atomic E-state index is 11.9. The van der Waals surface area contributed by atoms with E-state index in [-0.39, 0.29) is 6.09 Å². The third kappa shape index (κ3) is 3.65. The van der Waals surface area contributed by atoms with Gasteiger partial charge in [-0.15, -0.1) is 0 Å². The van der Waals surface area contributed by atoms with Crippen LogP contribution in [0.15, 0.2) is 54.6 Å². The normalized spacial score (nSPS) is 14.6. The molecule has 0 spiro atoms. The van der Waals surface area contributed by atoms with Crippen molar-refractivity contribution in [3.8, 4) is 11.1 Å². The van der Waals surface area contributed by atoms with Crippen LogP contribution in [-0.2, 0) is 11.3 Å². The minimum absolute atomic E-state index is 0.228. The predicted octanol–water partition coefficient (Wildman–Crippen LogP) is 2.90. The van der Waals surface area contributed by atoms with E-state index in [1.807, 2.05) is 30.3 Å². The number of piperazine rings is 1. The van der Waals surface area contributed by atoms with E-state index in [1.54, 1.807) is 4.90 Å². The molecule has 22 heavy (non-hydrogen) atoms. The molecule has 3 rings (SSSR count). The number of amides is 1. The number of nitrogens with one attached hydrogen (secondary N) is 1. The van der Waals surface area contributed by atoms with Gasteiger partial charge >= 0.3 is 6.09 Å². The molecule has 0 saturated carbocycles. The fourth-order valence-electron chi connectivity index (χ4n) is 2.51. The van der Waals surface area contributed by atoms with Crippen LogP contribution in [0.5, 0.6) is 0 Å². The minimum Gasteiger partial charge on any atom is -0.445 e. The van der Waals surface area contributed by atoms with Crippen LogP contribution in [-0.4, -0.2) is 37.2 Å². The quantitative estimate of drug-likeness (QED) is 0.947. The standard InChI is InChI=1S/C18H20N2O2/c21-18(20-12-10-19-11-13-20)22-14-15-6-8-17(9-7-15)16-4-2-1-3-5-16/h1-9,19H,10-14H2. The first-order valence-corrected chi connectivity index (χ1v) is 7.60. The fraction of sp³-hybridized carbons (Fsp3) is 0.278. The molecule has 1 aliphatic heterocycles. The molecule has 1 fully saturated rings. The maximum Gasteiger partial charge on any atom is 0.410 e. The molecule has 1 amide bonds. The van der Waals surface area contributed by atoms with Crippen molar-refractivity contribution in [2.75, 3.05) is 26.2 Å². The second-order valence-corrected chi connectivity index (χ2v) is 5.35. The van der Waals surface area contributed by atoms with Crippen molar-refractivity contribution in [1.82, 2.24) is 10.2 Å². The van der Waals surface area contributed by atoms with E-state index in [0.717, 1.165) is 24.2 Å². The molecule has 2 aromatic carbocycles. The molecule has 4 nitrogen and oxygen atoms in total. The molecule has 1 aliphatic rings. The third-order valence-corrected chi connectivity index (χ3v) is 3.80. The summed E-state index contributed by atoms with van der Waals surface area (Å²) in [6, 6.07) is 18.4. The fourth-order valence-corrected chi connectivity index (χ4v) is 2.51. The largest absolute Gasteiger partial charge is 0.445 e. The van der Waals surface area contributed by atoms with Gasteiger partial charge in [-0.25, -0.2) is 4.79 Å². The van der Waals surface area contributed by atoms with Crippen LogP contribution in [0.4, 0.5) is 4.79 Å². The van der Waals surface area contributed by atoms with E-state index in [9.17, 15) is 4.79 Å². The molecule has 0 bridgehead atoms. The Morgan fingerprint density at radius 2 is 1.59 bits per heavy atom. The lowest BCUT2D eigenvalue weighted by Gasteiger charge is -2.26. The summed E-state index contributed by atoms with van der Waals surface area (Å²) in [5.41, 5.74) is 3.35. The van der Waals surface area contributed by atoms with Gasteiger partial charge in [0.15, 0.2) is 0 Å². The van der Waals surface area contributed by atoms with Crippen molar-refractivity contribution in [1.29, 1.82) is 0 Å². The lowest BCUT2D eigenvalue weighted by molar-refractivity contribution is 0.0918. The minimum atomic E-state index is -0.228. The van der Waals surface area contributed by atoms with Gasteiger partial charge in [0, 0.05) is 26.2 Å². The molecule has 1 saturated heterocycles. The Balaban J connectivity index is 1.56. The van der Waals surface area contributed by atoms with E-state index in [0.29, 0.717) is 19.7 Å². The number of carbonyl (C=O) groups is 1. The van der Waals surface area contributed by atoms with Crippen LogP contribution in [0.3, 0.4) is 0 Å². The van der Waals surface area contributed by atoms with Crippen molar-refractivity contribution in [2.24, 2.45) is 0 Å². The number of ether oxygens (including phenoxy) is 1. The molecule has 0 aliphatic carbocycles. The summed E-state index contributed by atoms with van der Waals surface area (Å²) < 4.78 is 5.37. The molecular formula is C18H20N2O2. The number of rotatable bonds is 3. The summed E-state index contributed by atoms with van der Waals surface area (Å²) in [4.78, 5) is 13.7. The Hall–Kier alpha value is -2.33. The van der Waals surface area contributed by atoms with Gasteiger partial charge in [-0.05, 0) is 16.7 Å². The smallest absolute Gasteiger partial charge is 0.410 e. The summed E-state index contributed by atoms with van der Waals surface area (Å²) in [7, 11) is 0. The van der Waals surface area contributed by atoms with Crippen LogP contribution in [0, 0.1) is 0 Å². The highest BCUT2D eigenvalue weighted by atomic mass is 16.6. The molecule has 4 heteroatoms. The first-order valence-electron chi connectivity index (χ1n) is 7.60. The van der Waals surface area contributed by atoms with Crippen LogP contribution in [0.25, 0.3) is 11.1 Å². The molecule has 0 aromatic heterocycles. The van der Waals surface area contributed by atoms with E-state index in [1.165, 1.54) is 5.56 Å². The van der Waals surface area contributed by atoms with Gasteiger partial charge in [0.05, 0.1) is 0 Å². The van der Waals surface area contributed by atoms with Crippen molar-refractivity contribution >= 4 is 6.09 Å². The second-order valence-electron chi connectivity index (χ2n) is 5.35. The van der Waals surface area contributed by atoms with Crippen LogP contribution in [0.2, 0.25) is 0 Å². The monoisotopic (exact) mass is 296 g/mol. The van der Waals surface area contributed by atoms with E-state index in [2.05, 4.69) is 29.6 Å². The first-order chi connectivity index (χ1) is 10.8. The molecular weight excluding hydrogens is 276 g/mol. The summed E-state index contributed by atoms with van der Waals surface area (Å²) in [5.74, 6) is 0. The Labute approximate surface area is 130 Å². The second kappa shape index (κ2) is 7.09. The lowest BCUT2D eigenvalue weighted by atomic mass is 10.0. The van der Waals surface area contributed by atoms with Gasteiger partial charge in [-0.3, -0.25) is 0 Å². The molecule has 1 N–H and O–H groups in total. The molecule has 2 aromatic rings. The van der Waals surface area contributed by atoms with Gasteiger partial charge in [0.2, 0.25) is 0 Å². The zero-order chi connectivity index (χ0) is 15.2. The van der Waals surface area contributed by atoms with Gasteiger partial charge in [0.1, 0.15) is 6.61 Å². The molecule has 0 unspecified atom stereocenters. The van der Waals surface area contributed by atoms with E-state index < -0.39 is 0 Å². The average Bonchev–Trinajstić information content (AvgIpc) is 2.61. The number of hydrogen-bond donors (Lipinski definition) is 1. The Morgan fingerprint density at radius 3 is 2.27 bits per heavy atom. The molecule has 1 heterocycles. The highest BCUT2D eigenvalue weighted by Gasteiger charge is 2.17. The van der Waals surface area contributed by atoms with Crippen LogP contribution in [0.1, 0.15) is 5.56 Å². The summed E-state index contributed by atoms with van der Waals surface area (Å²) in [5, 5.41) is 3.22. The molecule has 0 radical (unpaired) electrons. The Kier molecular flexibility index (Phi) is 4.71. The maximum absolute atomic E-state index is 11.9. The lowest BCUT2D eigenvalue weighted by Crippen LogP contribution is -2.46. The van der Waals surface area contributed by atoms with Crippen LogP contribution >= 0.6 is 0 Å². The van der Waals surface area contributed by atoms with Crippen molar-refractivity contribution in [3.05, 3.63) is 60.2 Å². The average molecular weight is 296 g/mol. The van der Waals surface area contributed by atoms with Gasteiger partial charge in [-0.2, -0.15) is 0 Å². The third-order valence-electron chi connectivity index (χ3n) is 3.80. The van der Waals surface area contributed by atoms with Crippen molar-refractivity contribution in [3.63, 3.8) is 0 Å². The van der Waals surface area contributed by atoms with Crippen molar-refractivity contribution in [2.45, 2.75) is 6.61 Å². The summed E-state index contributed by atoms with van der Waals surface area (Å²) in [6.45, 7) is 3.41. The zero-order valence-electron chi connectivity index (χ0n) is 12.5. The van der Waals surface area contributed by atoms with Crippen molar-refractivity contribution < 1.29 is 9.53 Å². The SMILES string of the molecule is O=C(OCc1ccc(-c2ccccc2)cc1)N1CCNCC1. The van der Waals surface area contributed by atoms with E-state index >= 15 is 0 Å². The number of hydrogen-bond acceptors (Lipinski definition) is 3. The van der Waals surface area contributed by atoms with Gasteiger partial charge in [-0.1, -0.05) is 54.6 Å². The Morgan fingerprint density at radius 1 is 0.955 bits per heavy atom. The van der Waals surface area contributed by atoms with Crippen LogP contribution < -0.4 is 5.32 Å². The zero-order valence-corrected chi connectivity index (χ0v) is 12.5. The highest BCUT2D eigenvalue weighted by molar-refractivity contribution is 5.68. The van der Waals surface area contributed by atoms with E-state index in [4.69, 9.17) is 4.74 Å². The topological polar surface area (TPSA) is 41.6 Å². The highest BCUT2D eigenvalue weighted by Crippen LogP contribution is 2.19. The Bertz CT molecular complexity index is 605. The predicted molar refractivity (Wildman–Crippen MR) is 86.5 cm³/mol. The van der Waals surface area contributed by atoms with Gasteiger partial charge in [0.25, 0.3) is 0 Å². The molecule has 0 atom stereocenters. The first kappa shape index (κ1) is 14.6.